The summed E-state index contributed by atoms with van der Waals surface area (Å²) >= 11 is 6.08. The van der Waals surface area contributed by atoms with Crippen molar-refractivity contribution in [1.82, 2.24) is 20.1 Å². The number of hydrogen-bond acceptors (Lipinski definition) is 7. The van der Waals surface area contributed by atoms with Crippen molar-refractivity contribution in [2.45, 2.75) is 56.3 Å². The lowest BCUT2D eigenvalue weighted by atomic mass is 9.81. The zero-order chi connectivity index (χ0) is 32.5. The predicted molar refractivity (Wildman–Crippen MR) is 160 cm³/mol. The largest absolute Gasteiger partial charge is 0.489 e. The van der Waals surface area contributed by atoms with E-state index in [1.807, 2.05) is 0 Å². The van der Waals surface area contributed by atoms with E-state index in [0.717, 1.165) is 19.0 Å². The van der Waals surface area contributed by atoms with E-state index in [9.17, 15) is 23.5 Å². The number of hydrogen-bond donors (Lipinski definition) is 3. The van der Waals surface area contributed by atoms with E-state index >= 15 is 4.39 Å². The molecule has 7 rings (SSSR count). The van der Waals surface area contributed by atoms with Crippen LogP contribution in [0.15, 0.2) is 42.6 Å². The third-order valence-electron chi connectivity index (χ3n) is 8.91. The second kappa shape index (κ2) is 10.9. The van der Waals surface area contributed by atoms with E-state index < -0.39 is 35.2 Å². The molecule has 2 aromatic heterocycles. The number of aliphatic hydroxyl groups is 1. The molecule has 3 aliphatic rings. The average Bonchev–Trinajstić information content (AvgIpc) is 3.96. The summed E-state index contributed by atoms with van der Waals surface area (Å²) in [6, 6.07) is 8.78. The molecule has 0 radical (unpaired) electrons. The molecule has 2 saturated carbocycles. The smallest absolute Gasteiger partial charge is 0.333 e. The minimum atomic E-state index is -2.88. The lowest BCUT2D eigenvalue weighted by molar-refractivity contribution is -0.123. The fourth-order valence-electron chi connectivity index (χ4n) is 5.81. The number of halogens is 4. The molecule has 0 spiro atoms. The monoisotopic (exact) mass is 655 g/mol. The number of nitrogens with one attached hydrogen (secondary N) is 1. The highest BCUT2D eigenvalue weighted by Gasteiger charge is 2.50. The van der Waals surface area contributed by atoms with Gasteiger partial charge in [-0.25, -0.2) is 14.1 Å². The van der Waals surface area contributed by atoms with Crippen molar-refractivity contribution in [3.63, 3.8) is 0 Å². The first-order chi connectivity index (χ1) is 21.9. The summed E-state index contributed by atoms with van der Waals surface area (Å²) in [7, 11) is 0. The molecular formula is C32H29ClF3N5O5. The Morgan fingerprint density at radius 3 is 2.70 bits per heavy atom. The number of amides is 2. The van der Waals surface area contributed by atoms with Gasteiger partial charge in [-0.2, -0.15) is 13.9 Å². The van der Waals surface area contributed by atoms with Crippen LogP contribution < -0.4 is 20.5 Å². The Bertz CT molecular complexity index is 1910. The normalized spacial score (nSPS) is 20.3. The molecule has 2 aliphatic carbocycles. The molecule has 46 heavy (non-hydrogen) atoms. The highest BCUT2D eigenvalue weighted by Crippen LogP contribution is 2.50. The molecule has 14 heteroatoms. The van der Waals surface area contributed by atoms with Crippen LogP contribution >= 0.6 is 11.6 Å². The molecule has 2 aromatic carbocycles. The molecule has 4 N–H and O–H groups in total. The van der Waals surface area contributed by atoms with Gasteiger partial charge in [-0.1, -0.05) is 17.7 Å². The second-order valence-corrected chi connectivity index (χ2v) is 12.7. The van der Waals surface area contributed by atoms with Crippen molar-refractivity contribution >= 4 is 34.3 Å². The molecule has 3 heterocycles. The van der Waals surface area contributed by atoms with Crippen molar-refractivity contribution in [3.8, 4) is 22.8 Å². The summed E-state index contributed by atoms with van der Waals surface area (Å²) in [5.41, 5.74) is 3.51. The molecule has 1 unspecified atom stereocenters. The van der Waals surface area contributed by atoms with Gasteiger partial charge in [0.05, 0.1) is 23.4 Å². The fourth-order valence-corrected chi connectivity index (χ4v) is 5.98. The molecule has 0 saturated heterocycles. The van der Waals surface area contributed by atoms with Crippen LogP contribution in [-0.2, 0) is 15.8 Å². The minimum absolute atomic E-state index is 0.00217. The number of aromatic nitrogens is 3. The number of fused-ring (bicyclic) bond motifs is 2. The number of rotatable bonds is 10. The number of alkyl halides is 2. The van der Waals surface area contributed by atoms with E-state index in [-0.39, 0.29) is 69.7 Å². The molecule has 10 nitrogen and oxygen atoms in total. The first-order valence-corrected chi connectivity index (χ1v) is 15.2. The van der Waals surface area contributed by atoms with Crippen LogP contribution in [0.4, 0.5) is 13.2 Å². The fraction of sp³-hybridized carbons (Fsp3) is 0.375. The lowest BCUT2D eigenvalue weighted by Crippen LogP contribution is -2.44. The zero-order valence-electron chi connectivity index (χ0n) is 24.5. The minimum Gasteiger partial charge on any atom is -0.489 e. The number of nitrogens with two attached hydrogens (primary N) is 1. The number of nitrogens with zero attached hydrogens (tertiary/aromatic N) is 3. The number of benzene rings is 2. The van der Waals surface area contributed by atoms with Crippen LogP contribution in [0.3, 0.4) is 0 Å². The van der Waals surface area contributed by atoms with Gasteiger partial charge in [0, 0.05) is 28.3 Å². The van der Waals surface area contributed by atoms with Gasteiger partial charge in [-0.05, 0) is 68.9 Å². The van der Waals surface area contributed by atoms with Crippen LogP contribution in [0.5, 0.6) is 11.5 Å². The summed E-state index contributed by atoms with van der Waals surface area (Å²) in [6.07, 6.45) is 3.90. The van der Waals surface area contributed by atoms with Crippen LogP contribution in [0.25, 0.3) is 22.2 Å². The van der Waals surface area contributed by atoms with Gasteiger partial charge in [-0.15, -0.1) is 0 Å². The molecule has 240 valence electrons. The quantitative estimate of drug-likeness (QED) is 0.219. The van der Waals surface area contributed by atoms with Crippen molar-refractivity contribution in [1.29, 1.82) is 0 Å². The van der Waals surface area contributed by atoms with Gasteiger partial charge in [0.15, 0.2) is 5.82 Å². The maximum atomic E-state index is 15.3. The summed E-state index contributed by atoms with van der Waals surface area (Å²) in [6.45, 7) is -1.71. The predicted octanol–water partition coefficient (Wildman–Crippen LogP) is 4.99. The molecule has 4 aromatic rings. The third-order valence-corrected chi connectivity index (χ3v) is 9.20. The van der Waals surface area contributed by atoms with E-state index in [0.29, 0.717) is 28.5 Å². The highest BCUT2D eigenvalue weighted by molar-refractivity contribution is 6.31. The summed E-state index contributed by atoms with van der Waals surface area (Å²) in [5.74, 6) is -2.00. The van der Waals surface area contributed by atoms with Crippen molar-refractivity contribution in [2.75, 3.05) is 13.2 Å². The van der Waals surface area contributed by atoms with E-state index in [2.05, 4.69) is 15.4 Å². The first-order valence-electron chi connectivity index (χ1n) is 14.8. The maximum Gasteiger partial charge on any atom is 0.333 e. The van der Waals surface area contributed by atoms with Crippen LogP contribution in [0, 0.1) is 11.7 Å². The summed E-state index contributed by atoms with van der Waals surface area (Å²) in [4.78, 5) is 30.8. The lowest BCUT2D eigenvalue weighted by Gasteiger charge is -2.30. The van der Waals surface area contributed by atoms with Gasteiger partial charge in [0.2, 0.25) is 5.91 Å². The van der Waals surface area contributed by atoms with E-state index in [1.54, 1.807) is 13.0 Å². The molecule has 2 atom stereocenters. The number of primary amides is 1. The van der Waals surface area contributed by atoms with Gasteiger partial charge in [0.25, 0.3) is 5.91 Å². The van der Waals surface area contributed by atoms with Gasteiger partial charge in [0.1, 0.15) is 40.3 Å². The Labute approximate surface area is 265 Å². The topological polar surface area (TPSA) is 142 Å². The van der Waals surface area contributed by atoms with Crippen molar-refractivity contribution in [3.05, 3.63) is 70.3 Å². The molecule has 1 aliphatic heterocycles. The maximum absolute atomic E-state index is 15.3. The van der Waals surface area contributed by atoms with Crippen molar-refractivity contribution in [2.24, 2.45) is 11.7 Å². The van der Waals surface area contributed by atoms with Crippen LogP contribution in [0.2, 0.25) is 5.02 Å². The van der Waals surface area contributed by atoms with Crippen LogP contribution in [-0.4, -0.2) is 50.9 Å². The Hall–Kier alpha value is -4.36. The Morgan fingerprint density at radius 1 is 1.26 bits per heavy atom. The molecule has 2 fully saturated rings. The summed E-state index contributed by atoms with van der Waals surface area (Å²) in [5, 5.41) is 19.0. The number of ether oxygens (including phenoxy) is 2. The number of carbonyl (C=O) groups excluding carboxylic acids is 2. The highest BCUT2D eigenvalue weighted by atomic mass is 35.5. The Balaban J connectivity index is 1.26. The average molecular weight is 656 g/mol. The van der Waals surface area contributed by atoms with E-state index in [4.69, 9.17) is 26.8 Å². The standard InChI is InChI=1S/C32H29ClF3N5O5/c1-31(29(37)43)14-45-27-20(31)11-23(39-26(27)19-3-2-4-21(33)24(19)34)32(44,17-5-6-17)13-38-28(42)15-9-16-12-41(30(35)36)40-25(16)22(10-15)46-18-7-8-18/h2-4,9-12,17-18,30,44H,5-8,13-14H2,1H3,(H2,37,43)(H,38,42)/t31-,32?/m0/s1. The van der Waals surface area contributed by atoms with Gasteiger partial charge >= 0.3 is 6.55 Å². The van der Waals surface area contributed by atoms with E-state index in [1.165, 1.54) is 30.3 Å². The molecular weight excluding hydrogens is 627 g/mol. The number of carbonyl (C=O) groups is 2. The van der Waals surface area contributed by atoms with Gasteiger partial charge < -0.3 is 25.6 Å². The number of pyridine rings is 1. The second-order valence-electron chi connectivity index (χ2n) is 12.3. The third kappa shape index (κ3) is 5.11. The Morgan fingerprint density at radius 2 is 2.02 bits per heavy atom. The molecule has 0 bridgehead atoms. The Kier molecular flexibility index (Phi) is 7.16. The molecule has 2 amide bonds. The first kappa shape index (κ1) is 30.3. The van der Waals surface area contributed by atoms with Crippen molar-refractivity contribution < 1.29 is 37.3 Å². The summed E-state index contributed by atoms with van der Waals surface area (Å²) < 4.78 is 54.4. The SMILES string of the molecule is C[C@]1(C(N)=O)COc2c1cc(C(O)(CNC(=O)c1cc(OC3CC3)c3nn(C(F)F)cc3c1)C1CC1)nc2-c1cccc(Cl)c1F. The van der Waals surface area contributed by atoms with Crippen LogP contribution in [0.1, 0.15) is 60.8 Å². The van der Waals surface area contributed by atoms with Gasteiger partial charge in [-0.3, -0.25) is 9.59 Å². The zero-order valence-corrected chi connectivity index (χ0v) is 25.3.